The Kier molecular flexibility index (Phi) is 6.71. The standard InChI is InChI=1S/C17H20BrClN2/c18-16-11-15(7-8-17(16)19)13-21(10-4-9-20)12-14-5-2-1-3-6-14/h1-3,5-8,11H,4,9-10,12-13,20H2. The van der Waals surface area contributed by atoms with Gasteiger partial charge in [0, 0.05) is 24.1 Å². The average Bonchev–Trinajstić information content (AvgIpc) is 2.49. The van der Waals surface area contributed by atoms with Crippen LogP contribution in [0, 0.1) is 0 Å². The third kappa shape index (κ3) is 5.44. The summed E-state index contributed by atoms with van der Waals surface area (Å²) in [6.45, 7) is 3.53. The predicted molar refractivity (Wildman–Crippen MR) is 93.4 cm³/mol. The fourth-order valence-corrected chi connectivity index (χ4v) is 2.81. The summed E-state index contributed by atoms with van der Waals surface area (Å²) in [6.07, 6.45) is 1.00. The molecule has 0 amide bonds. The van der Waals surface area contributed by atoms with Crippen LogP contribution in [0.2, 0.25) is 5.02 Å². The molecule has 0 atom stereocenters. The minimum absolute atomic E-state index is 0.718. The van der Waals surface area contributed by atoms with Gasteiger partial charge in [-0.25, -0.2) is 0 Å². The normalized spacial score (nSPS) is 11.0. The van der Waals surface area contributed by atoms with Crippen LogP contribution in [0.25, 0.3) is 0 Å². The van der Waals surface area contributed by atoms with Crippen molar-refractivity contribution in [3.05, 3.63) is 69.2 Å². The summed E-state index contributed by atoms with van der Waals surface area (Å²) in [6, 6.07) is 16.6. The van der Waals surface area contributed by atoms with E-state index in [0.29, 0.717) is 0 Å². The first-order chi connectivity index (χ1) is 10.2. The molecule has 0 fully saturated rings. The Morgan fingerprint density at radius 2 is 1.71 bits per heavy atom. The number of halogens is 2. The Bertz CT molecular complexity index is 560. The van der Waals surface area contributed by atoms with E-state index < -0.39 is 0 Å². The molecular formula is C17H20BrClN2. The summed E-state index contributed by atoms with van der Waals surface area (Å²) in [5, 5.41) is 0.746. The van der Waals surface area contributed by atoms with Crippen LogP contribution in [-0.2, 0) is 13.1 Å². The molecule has 2 nitrogen and oxygen atoms in total. The number of rotatable bonds is 7. The third-order valence-corrected chi connectivity index (χ3v) is 4.53. The highest BCUT2D eigenvalue weighted by Gasteiger charge is 2.08. The van der Waals surface area contributed by atoms with Gasteiger partial charge in [0.05, 0.1) is 5.02 Å². The maximum absolute atomic E-state index is 6.05. The van der Waals surface area contributed by atoms with Crippen LogP contribution in [0.15, 0.2) is 53.0 Å². The monoisotopic (exact) mass is 366 g/mol. The highest BCUT2D eigenvalue weighted by atomic mass is 79.9. The molecule has 112 valence electrons. The quantitative estimate of drug-likeness (QED) is 0.783. The second-order valence-corrected chi connectivity index (χ2v) is 6.35. The van der Waals surface area contributed by atoms with Crippen molar-refractivity contribution in [3.8, 4) is 0 Å². The minimum atomic E-state index is 0.718. The fourth-order valence-electron chi connectivity index (χ4n) is 2.27. The first-order valence-electron chi connectivity index (χ1n) is 7.09. The molecule has 0 radical (unpaired) electrons. The fraction of sp³-hybridized carbons (Fsp3) is 0.294. The lowest BCUT2D eigenvalue weighted by molar-refractivity contribution is 0.255. The first kappa shape index (κ1) is 16.5. The molecule has 0 saturated carbocycles. The summed E-state index contributed by atoms with van der Waals surface area (Å²) in [5.41, 5.74) is 8.23. The van der Waals surface area contributed by atoms with Crippen LogP contribution >= 0.6 is 27.5 Å². The molecule has 21 heavy (non-hydrogen) atoms. The van der Waals surface area contributed by atoms with Crippen LogP contribution < -0.4 is 5.73 Å². The van der Waals surface area contributed by atoms with Gasteiger partial charge in [-0.3, -0.25) is 4.90 Å². The van der Waals surface area contributed by atoms with Gasteiger partial charge >= 0.3 is 0 Å². The maximum Gasteiger partial charge on any atom is 0.0548 e. The molecule has 0 spiro atoms. The van der Waals surface area contributed by atoms with E-state index in [1.54, 1.807) is 0 Å². The Balaban J connectivity index is 2.06. The van der Waals surface area contributed by atoms with Gasteiger partial charge in [-0.05, 0) is 52.2 Å². The van der Waals surface area contributed by atoms with Crippen molar-refractivity contribution in [1.29, 1.82) is 0 Å². The lowest BCUT2D eigenvalue weighted by Crippen LogP contribution is -2.25. The van der Waals surface area contributed by atoms with Crippen LogP contribution in [-0.4, -0.2) is 18.0 Å². The van der Waals surface area contributed by atoms with Crippen molar-refractivity contribution in [2.75, 3.05) is 13.1 Å². The Labute approximate surface area is 140 Å². The van der Waals surface area contributed by atoms with Crippen LogP contribution in [0.5, 0.6) is 0 Å². The topological polar surface area (TPSA) is 29.3 Å². The lowest BCUT2D eigenvalue weighted by Gasteiger charge is -2.22. The number of nitrogens with zero attached hydrogens (tertiary/aromatic N) is 1. The number of nitrogens with two attached hydrogens (primary N) is 1. The van der Waals surface area contributed by atoms with Gasteiger partial charge in [0.25, 0.3) is 0 Å². The Hall–Kier alpha value is -0.870. The zero-order valence-corrected chi connectivity index (χ0v) is 14.3. The molecule has 0 unspecified atom stereocenters. The molecule has 0 heterocycles. The van der Waals surface area contributed by atoms with Crippen molar-refractivity contribution in [2.24, 2.45) is 5.73 Å². The molecule has 0 aliphatic carbocycles. The molecule has 0 bridgehead atoms. The van der Waals surface area contributed by atoms with E-state index in [0.717, 1.165) is 42.1 Å². The summed E-state index contributed by atoms with van der Waals surface area (Å²) >= 11 is 9.54. The summed E-state index contributed by atoms with van der Waals surface area (Å²) in [5.74, 6) is 0. The molecule has 4 heteroatoms. The smallest absolute Gasteiger partial charge is 0.0548 e. The van der Waals surface area contributed by atoms with E-state index in [1.807, 2.05) is 12.1 Å². The van der Waals surface area contributed by atoms with Crippen molar-refractivity contribution < 1.29 is 0 Å². The van der Waals surface area contributed by atoms with Gasteiger partial charge in [0.15, 0.2) is 0 Å². The second kappa shape index (κ2) is 8.54. The summed E-state index contributed by atoms with van der Waals surface area (Å²) in [4.78, 5) is 2.41. The van der Waals surface area contributed by atoms with Gasteiger partial charge in [-0.2, -0.15) is 0 Å². The molecule has 0 aliphatic rings. The average molecular weight is 368 g/mol. The van der Waals surface area contributed by atoms with E-state index in [1.165, 1.54) is 11.1 Å². The number of hydrogen-bond donors (Lipinski definition) is 1. The van der Waals surface area contributed by atoms with Gasteiger partial charge in [-0.15, -0.1) is 0 Å². The molecule has 0 aromatic heterocycles. The lowest BCUT2D eigenvalue weighted by atomic mass is 10.1. The SMILES string of the molecule is NCCCN(Cc1ccccc1)Cc1ccc(Cl)c(Br)c1. The van der Waals surface area contributed by atoms with Crippen molar-refractivity contribution in [2.45, 2.75) is 19.5 Å². The van der Waals surface area contributed by atoms with Crippen molar-refractivity contribution in [1.82, 2.24) is 4.90 Å². The van der Waals surface area contributed by atoms with Gasteiger partial charge in [0.2, 0.25) is 0 Å². The van der Waals surface area contributed by atoms with Crippen molar-refractivity contribution in [3.63, 3.8) is 0 Å². The zero-order valence-electron chi connectivity index (χ0n) is 11.9. The largest absolute Gasteiger partial charge is 0.330 e. The van der Waals surface area contributed by atoms with Crippen LogP contribution in [0.1, 0.15) is 17.5 Å². The molecule has 2 aromatic rings. The van der Waals surface area contributed by atoms with Crippen LogP contribution in [0.4, 0.5) is 0 Å². The van der Waals surface area contributed by atoms with E-state index in [4.69, 9.17) is 17.3 Å². The van der Waals surface area contributed by atoms with Gasteiger partial charge in [-0.1, -0.05) is 48.0 Å². The highest BCUT2D eigenvalue weighted by molar-refractivity contribution is 9.10. The van der Waals surface area contributed by atoms with Gasteiger partial charge < -0.3 is 5.73 Å². The zero-order chi connectivity index (χ0) is 15.1. The van der Waals surface area contributed by atoms with E-state index in [2.05, 4.69) is 57.2 Å². The Morgan fingerprint density at radius 1 is 1.00 bits per heavy atom. The third-order valence-electron chi connectivity index (χ3n) is 3.32. The molecular weight excluding hydrogens is 348 g/mol. The van der Waals surface area contributed by atoms with E-state index in [9.17, 15) is 0 Å². The number of hydrogen-bond acceptors (Lipinski definition) is 2. The maximum atomic E-state index is 6.05. The molecule has 2 N–H and O–H groups in total. The second-order valence-electron chi connectivity index (χ2n) is 5.09. The molecule has 0 saturated heterocycles. The summed E-state index contributed by atoms with van der Waals surface area (Å²) < 4.78 is 0.945. The van der Waals surface area contributed by atoms with Crippen molar-refractivity contribution >= 4 is 27.5 Å². The minimum Gasteiger partial charge on any atom is -0.330 e. The predicted octanol–water partition coefficient (Wildman–Crippen LogP) is 4.45. The summed E-state index contributed by atoms with van der Waals surface area (Å²) in [7, 11) is 0. The molecule has 0 aliphatic heterocycles. The first-order valence-corrected chi connectivity index (χ1v) is 8.26. The van der Waals surface area contributed by atoms with E-state index in [-0.39, 0.29) is 0 Å². The van der Waals surface area contributed by atoms with E-state index >= 15 is 0 Å². The van der Waals surface area contributed by atoms with Crippen LogP contribution in [0.3, 0.4) is 0 Å². The highest BCUT2D eigenvalue weighted by Crippen LogP contribution is 2.24. The van der Waals surface area contributed by atoms with Gasteiger partial charge in [0.1, 0.15) is 0 Å². The Morgan fingerprint density at radius 3 is 2.38 bits per heavy atom. The number of benzene rings is 2. The molecule has 2 rings (SSSR count). The molecule has 2 aromatic carbocycles.